The number of rotatable bonds is 3. The van der Waals surface area contributed by atoms with Crippen LogP contribution in [0.15, 0.2) is 30.5 Å². The number of aromatic nitrogens is 1. The number of aliphatic hydroxyl groups is 1. The predicted octanol–water partition coefficient (Wildman–Crippen LogP) is 1.68. The first-order valence-electron chi connectivity index (χ1n) is 4.57. The van der Waals surface area contributed by atoms with Gasteiger partial charge in [-0.1, -0.05) is 18.2 Å². The summed E-state index contributed by atoms with van der Waals surface area (Å²) >= 11 is 0. The van der Waals surface area contributed by atoms with E-state index in [1.807, 2.05) is 30.5 Å². The first-order chi connectivity index (χ1) is 6.81. The molecule has 0 aliphatic carbocycles. The number of para-hydroxylation sites is 1. The topological polar surface area (TPSA) is 45.2 Å². The van der Waals surface area contributed by atoms with E-state index in [4.69, 9.17) is 4.74 Å². The van der Waals surface area contributed by atoms with E-state index >= 15 is 0 Å². The third-order valence-corrected chi connectivity index (χ3v) is 2.34. The number of nitrogens with one attached hydrogen (secondary N) is 1. The zero-order valence-corrected chi connectivity index (χ0v) is 8.03. The van der Waals surface area contributed by atoms with Gasteiger partial charge in [0.05, 0.1) is 0 Å². The molecule has 3 heteroatoms. The molecule has 1 atom stereocenters. The van der Waals surface area contributed by atoms with Gasteiger partial charge in [0.1, 0.15) is 0 Å². The average Bonchev–Trinajstić information content (AvgIpc) is 2.62. The van der Waals surface area contributed by atoms with Gasteiger partial charge in [-0.3, -0.25) is 0 Å². The lowest BCUT2D eigenvalue weighted by Crippen LogP contribution is -2.11. The summed E-state index contributed by atoms with van der Waals surface area (Å²) in [4.78, 5) is 3.15. The summed E-state index contributed by atoms with van der Waals surface area (Å²) in [6.45, 7) is 0. The van der Waals surface area contributed by atoms with E-state index in [0.29, 0.717) is 6.42 Å². The molecule has 3 nitrogen and oxygen atoms in total. The van der Waals surface area contributed by atoms with E-state index in [9.17, 15) is 5.11 Å². The zero-order chi connectivity index (χ0) is 9.97. The minimum Gasteiger partial charge on any atom is -0.368 e. The monoisotopic (exact) mass is 191 g/mol. The van der Waals surface area contributed by atoms with Crippen molar-refractivity contribution in [2.45, 2.75) is 12.7 Å². The fraction of sp³-hybridized carbons (Fsp3) is 0.273. The quantitative estimate of drug-likeness (QED) is 0.725. The minimum absolute atomic E-state index is 0.514. The third-order valence-electron chi connectivity index (χ3n) is 2.34. The Balaban J connectivity index is 2.33. The lowest BCUT2D eigenvalue weighted by molar-refractivity contribution is -0.0718. The van der Waals surface area contributed by atoms with E-state index in [1.165, 1.54) is 7.11 Å². The number of hydrogen-bond donors (Lipinski definition) is 2. The number of aromatic amines is 1. The number of benzene rings is 1. The van der Waals surface area contributed by atoms with Crippen LogP contribution in [-0.4, -0.2) is 23.5 Å². The molecule has 0 bridgehead atoms. The molecule has 1 heterocycles. The van der Waals surface area contributed by atoms with Crippen LogP contribution >= 0.6 is 0 Å². The molecule has 0 saturated carbocycles. The van der Waals surface area contributed by atoms with E-state index < -0.39 is 6.29 Å². The highest BCUT2D eigenvalue weighted by molar-refractivity contribution is 5.83. The minimum atomic E-state index is -0.728. The highest BCUT2D eigenvalue weighted by Gasteiger charge is 2.07. The molecule has 1 aromatic carbocycles. The molecule has 0 radical (unpaired) electrons. The Hall–Kier alpha value is -1.32. The van der Waals surface area contributed by atoms with Crippen molar-refractivity contribution in [3.63, 3.8) is 0 Å². The van der Waals surface area contributed by atoms with Gasteiger partial charge in [0.2, 0.25) is 0 Å². The molecule has 2 aromatic rings. The molecule has 0 aliphatic heterocycles. The molecular formula is C11H13NO2. The number of aliphatic hydroxyl groups excluding tert-OH is 1. The Kier molecular flexibility index (Phi) is 2.52. The maximum atomic E-state index is 9.35. The zero-order valence-electron chi connectivity index (χ0n) is 8.03. The highest BCUT2D eigenvalue weighted by Crippen LogP contribution is 2.18. The molecule has 0 amide bonds. The Morgan fingerprint density at radius 1 is 1.43 bits per heavy atom. The highest BCUT2D eigenvalue weighted by atomic mass is 16.6. The number of fused-ring (bicyclic) bond motifs is 1. The van der Waals surface area contributed by atoms with Gasteiger partial charge in [-0.15, -0.1) is 0 Å². The Labute approximate surface area is 82.3 Å². The van der Waals surface area contributed by atoms with Gasteiger partial charge in [0.15, 0.2) is 6.29 Å². The van der Waals surface area contributed by atoms with E-state index in [0.717, 1.165) is 16.5 Å². The summed E-state index contributed by atoms with van der Waals surface area (Å²) in [5.41, 5.74) is 2.17. The number of ether oxygens (including phenoxy) is 1. The van der Waals surface area contributed by atoms with Gasteiger partial charge in [0, 0.05) is 30.6 Å². The second kappa shape index (κ2) is 3.82. The Morgan fingerprint density at radius 3 is 3.00 bits per heavy atom. The largest absolute Gasteiger partial charge is 0.368 e. The first-order valence-corrected chi connectivity index (χ1v) is 4.57. The second-order valence-electron chi connectivity index (χ2n) is 3.25. The van der Waals surface area contributed by atoms with Gasteiger partial charge in [0.25, 0.3) is 0 Å². The van der Waals surface area contributed by atoms with Crippen LogP contribution in [0, 0.1) is 0 Å². The van der Waals surface area contributed by atoms with Gasteiger partial charge in [-0.25, -0.2) is 0 Å². The summed E-state index contributed by atoms with van der Waals surface area (Å²) in [7, 11) is 1.50. The summed E-state index contributed by atoms with van der Waals surface area (Å²) in [5.74, 6) is 0. The van der Waals surface area contributed by atoms with Gasteiger partial charge < -0.3 is 14.8 Å². The van der Waals surface area contributed by atoms with Crippen LogP contribution < -0.4 is 0 Å². The Bertz CT molecular complexity index is 422. The van der Waals surface area contributed by atoms with Crippen LogP contribution in [0.2, 0.25) is 0 Å². The normalized spacial score (nSPS) is 13.3. The SMILES string of the molecule is COC(O)Cc1c[nH]c2ccccc12. The van der Waals surface area contributed by atoms with Crippen molar-refractivity contribution in [2.24, 2.45) is 0 Å². The lowest BCUT2D eigenvalue weighted by Gasteiger charge is -2.06. The number of H-pyrrole nitrogens is 1. The molecule has 0 fully saturated rings. The van der Waals surface area contributed by atoms with Crippen LogP contribution in [0.25, 0.3) is 10.9 Å². The average molecular weight is 191 g/mol. The number of hydrogen-bond acceptors (Lipinski definition) is 2. The van der Waals surface area contributed by atoms with Crippen molar-refractivity contribution in [3.05, 3.63) is 36.0 Å². The van der Waals surface area contributed by atoms with Crippen LogP contribution in [-0.2, 0) is 11.2 Å². The smallest absolute Gasteiger partial charge is 0.158 e. The van der Waals surface area contributed by atoms with Crippen LogP contribution in [0.5, 0.6) is 0 Å². The molecule has 2 rings (SSSR count). The maximum absolute atomic E-state index is 9.35. The van der Waals surface area contributed by atoms with Crippen molar-refractivity contribution >= 4 is 10.9 Å². The van der Waals surface area contributed by atoms with Gasteiger partial charge in [-0.05, 0) is 11.6 Å². The molecule has 1 unspecified atom stereocenters. The van der Waals surface area contributed by atoms with Crippen molar-refractivity contribution in [2.75, 3.05) is 7.11 Å². The van der Waals surface area contributed by atoms with Crippen molar-refractivity contribution in [3.8, 4) is 0 Å². The van der Waals surface area contributed by atoms with Gasteiger partial charge in [-0.2, -0.15) is 0 Å². The maximum Gasteiger partial charge on any atom is 0.158 e. The van der Waals surface area contributed by atoms with Crippen LogP contribution in [0.3, 0.4) is 0 Å². The molecule has 1 aromatic heterocycles. The first kappa shape index (κ1) is 9.24. The molecule has 74 valence electrons. The van der Waals surface area contributed by atoms with Crippen LogP contribution in [0.1, 0.15) is 5.56 Å². The van der Waals surface area contributed by atoms with Crippen molar-refractivity contribution in [1.82, 2.24) is 4.98 Å². The predicted molar refractivity (Wildman–Crippen MR) is 55.0 cm³/mol. The standard InChI is InChI=1S/C11H13NO2/c1-14-11(13)6-8-7-12-10-5-3-2-4-9(8)10/h2-5,7,11-13H,6H2,1H3. The lowest BCUT2D eigenvalue weighted by atomic mass is 10.1. The molecule has 0 saturated heterocycles. The van der Waals surface area contributed by atoms with Gasteiger partial charge >= 0.3 is 0 Å². The number of methoxy groups -OCH3 is 1. The fourth-order valence-electron chi connectivity index (χ4n) is 1.57. The summed E-state index contributed by atoms with van der Waals surface area (Å²) in [6, 6.07) is 8.01. The molecular weight excluding hydrogens is 178 g/mol. The summed E-state index contributed by atoms with van der Waals surface area (Å²) in [6.07, 6.45) is 1.70. The van der Waals surface area contributed by atoms with Crippen molar-refractivity contribution < 1.29 is 9.84 Å². The second-order valence-corrected chi connectivity index (χ2v) is 3.25. The van der Waals surface area contributed by atoms with E-state index in [-0.39, 0.29) is 0 Å². The van der Waals surface area contributed by atoms with E-state index in [2.05, 4.69) is 4.98 Å². The summed E-state index contributed by atoms with van der Waals surface area (Å²) in [5, 5.41) is 10.5. The van der Waals surface area contributed by atoms with Crippen molar-refractivity contribution in [1.29, 1.82) is 0 Å². The fourth-order valence-corrected chi connectivity index (χ4v) is 1.57. The Morgan fingerprint density at radius 2 is 2.21 bits per heavy atom. The van der Waals surface area contributed by atoms with Crippen LogP contribution in [0.4, 0.5) is 0 Å². The third kappa shape index (κ3) is 1.64. The molecule has 0 aliphatic rings. The van der Waals surface area contributed by atoms with E-state index in [1.54, 1.807) is 0 Å². The summed E-state index contributed by atoms with van der Waals surface area (Å²) < 4.78 is 4.81. The molecule has 14 heavy (non-hydrogen) atoms. The molecule has 0 spiro atoms. The molecule has 2 N–H and O–H groups in total.